The Hall–Kier alpha value is -2.36. The molecule has 0 radical (unpaired) electrons. The van der Waals surface area contributed by atoms with Crippen molar-refractivity contribution < 1.29 is 0 Å². The number of amidine groups is 1. The van der Waals surface area contributed by atoms with Crippen molar-refractivity contribution in [3.8, 4) is 0 Å². The molecule has 0 atom stereocenters. The van der Waals surface area contributed by atoms with Crippen LogP contribution >= 0.6 is 0 Å². The van der Waals surface area contributed by atoms with E-state index in [1.165, 1.54) is 5.56 Å². The summed E-state index contributed by atoms with van der Waals surface area (Å²) in [6.45, 7) is 6.52. The van der Waals surface area contributed by atoms with E-state index in [1.807, 2.05) is 48.5 Å². The van der Waals surface area contributed by atoms with Crippen LogP contribution in [-0.4, -0.2) is 17.9 Å². The molecule has 0 amide bonds. The largest absolute Gasteiger partial charge is 0.384 e. The Balaban J connectivity index is 2.23. The van der Waals surface area contributed by atoms with E-state index in [0.29, 0.717) is 0 Å². The molecule has 0 fully saturated rings. The molecule has 21 heavy (non-hydrogen) atoms. The molecule has 2 rings (SSSR count). The zero-order chi connectivity index (χ0) is 15.6. The summed E-state index contributed by atoms with van der Waals surface area (Å²) < 4.78 is 0. The molecule has 0 saturated heterocycles. The Morgan fingerprint density at radius 1 is 1.10 bits per heavy atom. The third-order valence-electron chi connectivity index (χ3n) is 3.52. The molecule has 1 heterocycles. The molecule has 0 aliphatic rings. The minimum Gasteiger partial charge on any atom is -0.384 e. The van der Waals surface area contributed by atoms with Gasteiger partial charge in [0.25, 0.3) is 0 Å². The van der Waals surface area contributed by atoms with Crippen molar-refractivity contribution in [3.05, 3.63) is 53.7 Å². The van der Waals surface area contributed by atoms with Crippen molar-refractivity contribution in [2.45, 2.75) is 26.2 Å². The molecule has 4 nitrogen and oxygen atoms in total. The highest BCUT2D eigenvalue weighted by Crippen LogP contribution is 2.25. The molecule has 0 saturated carbocycles. The van der Waals surface area contributed by atoms with Gasteiger partial charge in [0.15, 0.2) is 0 Å². The predicted molar refractivity (Wildman–Crippen MR) is 88.5 cm³/mol. The molecule has 110 valence electrons. The molecule has 0 bridgehead atoms. The maximum absolute atomic E-state index is 7.41. The van der Waals surface area contributed by atoms with Gasteiger partial charge in [0.1, 0.15) is 11.7 Å². The monoisotopic (exact) mass is 282 g/mol. The minimum atomic E-state index is 0.0804. The van der Waals surface area contributed by atoms with Crippen LogP contribution in [0.15, 0.2) is 42.6 Å². The van der Waals surface area contributed by atoms with Crippen LogP contribution < -0.4 is 10.6 Å². The highest BCUT2D eigenvalue weighted by Gasteiger charge is 2.14. The lowest BCUT2D eigenvalue weighted by atomic mass is 9.88. The van der Waals surface area contributed by atoms with Gasteiger partial charge in [-0.05, 0) is 41.3 Å². The van der Waals surface area contributed by atoms with Gasteiger partial charge in [-0.3, -0.25) is 5.41 Å². The molecule has 0 spiro atoms. The SMILES string of the molecule is CN(c1ccc(C(=N)N)cc1)c1ccc(C(C)(C)C)cn1. The average Bonchev–Trinajstić information content (AvgIpc) is 2.46. The van der Waals surface area contributed by atoms with E-state index in [0.717, 1.165) is 17.1 Å². The van der Waals surface area contributed by atoms with Gasteiger partial charge in [0, 0.05) is 24.5 Å². The predicted octanol–water partition coefficient (Wildman–Crippen LogP) is 3.43. The van der Waals surface area contributed by atoms with Crippen LogP contribution in [0.1, 0.15) is 31.9 Å². The van der Waals surface area contributed by atoms with Gasteiger partial charge >= 0.3 is 0 Å². The Bertz CT molecular complexity index is 621. The van der Waals surface area contributed by atoms with Crippen molar-refractivity contribution in [3.63, 3.8) is 0 Å². The van der Waals surface area contributed by atoms with Crippen molar-refractivity contribution in [2.75, 3.05) is 11.9 Å². The first-order valence-electron chi connectivity index (χ1n) is 6.94. The molecule has 4 heteroatoms. The third-order valence-corrected chi connectivity index (χ3v) is 3.52. The number of nitrogens with zero attached hydrogens (tertiary/aromatic N) is 2. The third kappa shape index (κ3) is 3.40. The number of anilines is 2. The topological polar surface area (TPSA) is 66.0 Å². The standard InChI is InChI=1S/C17H22N4/c1-17(2,3)13-7-10-15(20-11-13)21(4)14-8-5-12(6-9-14)16(18)19/h5-11H,1-4H3,(H3,18,19). The fourth-order valence-electron chi connectivity index (χ4n) is 2.02. The summed E-state index contributed by atoms with van der Waals surface area (Å²) in [6.07, 6.45) is 1.93. The summed E-state index contributed by atoms with van der Waals surface area (Å²) in [5.74, 6) is 0.968. The van der Waals surface area contributed by atoms with Gasteiger partial charge in [-0.2, -0.15) is 0 Å². The second kappa shape index (κ2) is 5.56. The highest BCUT2D eigenvalue weighted by atomic mass is 15.2. The summed E-state index contributed by atoms with van der Waals surface area (Å²) in [5.41, 5.74) is 8.52. The number of pyridine rings is 1. The van der Waals surface area contributed by atoms with Crippen LogP contribution in [0.5, 0.6) is 0 Å². The van der Waals surface area contributed by atoms with Gasteiger partial charge in [-0.25, -0.2) is 4.98 Å². The van der Waals surface area contributed by atoms with E-state index in [-0.39, 0.29) is 11.3 Å². The summed E-state index contributed by atoms with van der Waals surface area (Å²) in [4.78, 5) is 6.55. The van der Waals surface area contributed by atoms with E-state index in [9.17, 15) is 0 Å². The van der Waals surface area contributed by atoms with E-state index < -0.39 is 0 Å². The number of benzene rings is 1. The fourth-order valence-corrected chi connectivity index (χ4v) is 2.02. The maximum Gasteiger partial charge on any atom is 0.132 e. The average molecular weight is 282 g/mol. The van der Waals surface area contributed by atoms with Gasteiger partial charge in [-0.15, -0.1) is 0 Å². The quantitative estimate of drug-likeness (QED) is 0.669. The number of hydrogen-bond acceptors (Lipinski definition) is 3. The molecule has 0 aliphatic carbocycles. The number of hydrogen-bond donors (Lipinski definition) is 2. The lowest BCUT2D eigenvalue weighted by molar-refractivity contribution is 0.587. The molecule has 1 aromatic carbocycles. The molecule has 0 aliphatic heterocycles. The summed E-state index contributed by atoms with van der Waals surface area (Å²) in [7, 11) is 1.97. The van der Waals surface area contributed by atoms with Gasteiger partial charge in [-0.1, -0.05) is 26.8 Å². The zero-order valence-corrected chi connectivity index (χ0v) is 13.0. The van der Waals surface area contributed by atoms with Crippen LogP contribution in [0.3, 0.4) is 0 Å². The Labute approximate surface area is 126 Å². The van der Waals surface area contributed by atoms with E-state index in [4.69, 9.17) is 11.1 Å². The van der Waals surface area contributed by atoms with Crippen molar-refractivity contribution in [2.24, 2.45) is 5.73 Å². The number of nitrogen functional groups attached to an aromatic ring is 1. The summed E-state index contributed by atoms with van der Waals surface area (Å²) >= 11 is 0. The van der Waals surface area contributed by atoms with Gasteiger partial charge in [0.05, 0.1) is 0 Å². The van der Waals surface area contributed by atoms with Crippen molar-refractivity contribution in [1.82, 2.24) is 4.98 Å². The van der Waals surface area contributed by atoms with E-state index >= 15 is 0 Å². The van der Waals surface area contributed by atoms with Crippen LogP contribution in [0.4, 0.5) is 11.5 Å². The molecule has 3 N–H and O–H groups in total. The Morgan fingerprint density at radius 2 is 1.71 bits per heavy atom. The van der Waals surface area contributed by atoms with E-state index in [1.54, 1.807) is 0 Å². The van der Waals surface area contributed by atoms with Crippen LogP contribution in [0, 0.1) is 5.41 Å². The van der Waals surface area contributed by atoms with Crippen LogP contribution in [-0.2, 0) is 5.41 Å². The normalized spacial score (nSPS) is 11.2. The van der Waals surface area contributed by atoms with Gasteiger partial charge in [0.2, 0.25) is 0 Å². The van der Waals surface area contributed by atoms with Gasteiger partial charge < -0.3 is 10.6 Å². The lowest BCUT2D eigenvalue weighted by Gasteiger charge is -2.22. The molecule has 1 aromatic heterocycles. The summed E-state index contributed by atoms with van der Waals surface area (Å²) in [6, 6.07) is 11.7. The molecular formula is C17H22N4. The number of rotatable bonds is 3. The number of nitrogens with one attached hydrogen (secondary N) is 1. The molecule has 0 unspecified atom stereocenters. The zero-order valence-electron chi connectivity index (χ0n) is 13.0. The Morgan fingerprint density at radius 3 is 2.14 bits per heavy atom. The number of aromatic nitrogens is 1. The summed E-state index contributed by atoms with van der Waals surface area (Å²) in [5, 5.41) is 7.41. The minimum absolute atomic E-state index is 0.0804. The maximum atomic E-state index is 7.41. The first kappa shape index (κ1) is 15.0. The molecular weight excluding hydrogens is 260 g/mol. The fraction of sp³-hybridized carbons (Fsp3) is 0.294. The van der Waals surface area contributed by atoms with Crippen molar-refractivity contribution in [1.29, 1.82) is 5.41 Å². The van der Waals surface area contributed by atoms with Crippen LogP contribution in [0.2, 0.25) is 0 Å². The van der Waals surface area contributed by atoms with Crippen molar-refractivity contribution >= 4 is 17.3 Å². The second-order valence-corrected chi connectivity index (χ2v) is 6.17. The smallest absolute Gasteiger partial charge is 0.132 e. The first-order chi connectivity index (χ1) is 9.79. The number of nitrogens with two attached hydrogens (primary N) is 1. The second-order valence-electron chi connectivity index (χ2n) is 6.17. The van der Waals surface area contributed by atoms with Crippen LogP contribution in [0.25, 0.3) is 0 Å². The molecule has 2 aromatic rings. The van der Waals surface area contributed by atoms with E-state index in [2.05, 4.69) is 31.8 Å². The first-order valence-corrected chi connectivity index (χ1v) is 6.94. The lowest BCUT2D eigenvalue weighted by Crippen LogP contribution is -2.15. The Kier molecular flexibility index (Phi) is 3.98. The highest BCUT2D eigenvalue weighted by molar-refractivity contribution is 5.95.